The SMILES string of the molecule is COCCn1nc2c(c1C(=O)NCCc1nc(C)oc1C)C[C@H](C)O[C@@H]2C. The second-order valence-corrected chi connectivity index (χ2v) is 6.96. The highest BCUT2D eigenvalue weighted by Crippen LogP contribution is 2.31. The zero-order chi connectivity index (χ0) is 19.6. The molecule has 0 bridgehead atoms. The first-order chi connectivity index (χ1) is 12.9. The quantitative estimate of drug-likeness (QED) is 0.796. The highest BCUT2D eigenvalue weighted by Gasteiger charge is 2.32. The van der Waals surface area contributed by atoms with Crippen LogP contribution in [-0.4, -0.2) is 47.0 Å². The molecule has 8 nitrogen and oxygen atoms in total. The van der Waals surface area contributed by atoms with E-state index in [4.69, 9.17) is 13.9 Å². The van der Waals surface area contributed by atoms with Gasteiger partial charge < -0.3 is 19.2 Å². The van der Waals surface area contributed by atoms with Crippen molar-refractivity contribution in [3.8, 4) is 0 Å². The Morgan fingerprint density at radius 2 is 2.15 bits per heavy atom. The van der Waals surface area contributed by atoms with Gasteiger partial charge in [-0.05, 0) is 20.8 Å². The molecule has 2 aromatic rings. The molecule has 8 heteroatoms. The number of carbonyl (C=O) groups excluding carboxylic acids is 1. The largest absolute Gasteiger partial charge is 0.446 e. The zero-order valence-corrected chi connectivity index (χ0v) is 16.7. The van der Waals surface area contributed by atoms with Crippen molar-refractivity contribution in [1.82, 2.24) is 20.1 Å². The molecule has 2 atom stereocenters. The summed E-state index contributed by atoms with van der Waals surface area (Å²) in [5.41, 5.74) is 3.30. The summed E-state index contributed by atoms with van der Waals surface area (Å²) < 4.78 is 18.2. The van der Waals surface area contributed by atoms with Crippen LogP contribution in [0.3, 0.4) is 0 Å². The Hall–Kier alpha value is -2.19. The van der Waals surface area contributed by atoms with Gasteiger partial charge in [0.05, 0.1) is 36.7 Å². The molecule has 0 radical (unpaired) electrons. The van der Waals surface area contributed by atoms with Crippen LogP contribution in [0.25, 0.3) is 0 Å². The zero-order valence-electron chi connectivity index (χ0n) is 16.7. The average Bonchev–Trinajstić information content (AvgIpc) is 3.12. The van der Waals surface area contributed by atoms with Crippen LogP contribution in [-0.2, 0) is 28.9 Å². The molecule has 27 heavy (non-hydrogen) atoms. The fourth-order valence-electron chi connectivity index (χ4n) is 3.57. The van der Waals surface area contributed by atoms with Crippen LogP contribution in [0.5, 0.6) is 0 Å². The number of fused-ring (bicyclic) bond motifs is 1. The number of amides is 1. The number of nitrogens with zero attached hydrogens (tertiary/aromatic N) is 3. The summed E-state index contributed by atoms with van der Waals surface area (Å²) in [6.45, 7) is 9.19. The minimum absolute atomic E-state index is 0.0554. The number of aryl methyl sites for hydroxylation is 2. The third kappa shape index (κ3) is 4.22. The molecule has 1 amide bonds. The molecule has 2 aromatic heterocycles. The van der Waals surface area contributed by atoms with Crippen LogP contribution in [0.15, 0.2) is 4.42 Å². The lowest BCUT2D eigenvalue weighted by molar-refractivity contribution is -0.00716. The Bertz CT molecular complexity index is 811. The number of oxazole rings is 1. The predicted molar refractivity (Wildman–Crippen MR) is 98.8 cm³/mol. The second-order valence-electron chi connectivity index (χ2n) is 6.96. The molecular formula is C19H28N4O4. The number of hydrogen-bond acceptors (Lipinski definition) is 6. The number of methoxy groups -OCH3 is 1. The van der Waals surface area contributed by atoms with Crippen molar-refractivity contribution < 1.29 is 18.7 Å². The van der Waals surface area contributed by atoms with Gasteiger partial charge in [-0.15, -0.1) is 0 Å². The Morgan fingerprint density at radius 3 is 2.81 bits per heavy atom. The van der Waals surface area contributed by atoms with E-state index >= 15 is 0 Å². The lowest BCUT2D eigenvalue weighted by atomic mass is 9.99. The number of ether oxygens (including phenoxy) is 2. The van der Waals surface area contributed by atoms with E-state index in [9.17, 15) is 4.79 Å². The number of aromatic nitrogens is 3. The molecule has 0 aromatic carbocycles. The Labute approximate surface area is 159 Å². The monoisotopic (exact) mass is 376 g/mol. The van der Waals surface area contributed by atoms with E-state index in [-0.39, 0.29) is 18.1 Å². The van der Waals surface area contributed by atoms with Crippen molar-refractivity contribution in [3.63, 3.8) is 0 Å². The maximum Gasteiger partial charge on any atom is 0.269 e. The number of rotatable bonds is 7. The van der Waals surface area contributed by atoms with Gasteiger partial charge in [0.25, 0.3) is 5.91 Å². The molecule has 3 heterocycles. The number of carbonyl (C=O) groups is 1. The first-order valence-corrected chi connectivity index (χ1v) is 9.35. The maximum atomic E-state index is 13.0. The number of nitrogens with one attached hydrogen (secondary N) is 1. The summed E-state index contributed by atoms with van der Waals surface area (Å²) in [6, 6.07) is 0. The summed E-state index contributed by atoms with van der Waals surface area (Å²) in [7, 11) is 1.64. The van der Waals surface area contributed by atoms with Crippen molar-refractivity contribution in [2.45, 2.75) is 59.3 Å². The molecule has 0 fully saturated rings. The first kappa shape index (κ1) is 19.6. The van der Waals surface area contributed by atoms with Crippen LogP contribution in [0.2, 0.25) is 0 Å². The molecule has 0 aliphatic carbocycles. The van der Waals surface area contributed by atoms with Gasteiger partial charge in [-0.3, -0.25) is 9.48 Å². The van der Waals surface area contributed by atoms with Gasteiger partial charge in [0.15, 0.2) is 5.89 Å². The van der Waals surface area contributed by atoms with Crippen molar-refractivity contribution in [1.29, 1.82) is 0 Å². The molecule has 0 saturated heterocycles. The molecule has 3 rings (SSSR count). The Kier molecular flexibility index (Phi) is 5.96. The van der Waals surface area contributed by atoms with Crippen molar-refractivity contribution >= 4 is 5.91 Å². The van der Waals surface area contributed by atoms with E-state index in [1.54, 1.807) is 11.8 Å². The molecule has 148 valence electrons. The highest BCUT2D eigenvalue weighted by atomic mass is 16.5. The van der Waals surface area contributed by atoms with E-state index in [1.165, 1.54) is 0 Å². The molecule has 1 aliphatic rings. The van der Waals surface area contributed by atoms with Crippen LogP contribution in [0, 0.1) is 13.8 Å². The van der Waals surface area contributed by atoms with Crippen molar-refractivity contribution in [2.75, 3.05) is 20.3 Å². The Balaban J connectivity index is 1.76. The van der Waals surface area contributed by atoms with Gasteiger partial charge in [0.2, 0.25) is 0 Å². The first-order valence-electron chi connectivity index (χ1n) is 9.35. The second kappa shape index (κ2) is 8.22. The lowest BCUT2D eigenvalue weighted by Crippen LogP contribution is -2.31. The van der Waals surface area contributed by atoms with Crippen LogP contribution < -0.4 is 5.32 Å². The van der Waals surface area contributed by atoms with E-state index < -0.39 is 0 Å². The van der Waals surface area contributed by atoms with Crippen LogP contribution in [0.1, 0.15) is 59.0 Å². The lowest BCUT2D eigenvalue weighted by Gasteiger charge is -2.24. The minimum Gasteiger partial charge on any atom is -0.446 e. The van der Waals surface area contributed by atoms with Crippen LogP contribution >= 0.6 is 0 Å². The van der Waals surface area contributed by atoms with E-state index in [2.05, 4.69) is 15.4 Å². The summed E-state index contributed by atoms with van der Waals surface area (Å²) >= 11 is 0. The third-order valence-corrected chi connectivity index (χ3v) is 4.76. The minimum atomic E-state index is -0.126. The van der Waals surface area contributed by atoms with Gasteiger partial charge in [-0.25, -0.2) is 4.98 Å². The topological polar surface area (TPSA) is 91.4 Å². The van der Waals surface area contributed by atoms with Crippen LogP contribution in [0.4, 0.5) is 0 Å². The predicted octanol–water partition coefficient (Wildman–Crippen LogP) is 2.13. The molecule has 1 N–H and O–H groups in total. The van der Waals surface area contributed by atoms with Crippen molar-refractivity contribution in [2.24, 2.45) is 0 Å². The molecule has 0 spiro atoms. The van der Waals surface area contributed by atoms with Gasteiger partial charge in [-0.2, -0.15) is 5.10 Å². The summed E-state index contributed by atoms with van der Waals surface area (Å²) in [5.74, 6) is 1.31. The molecular weight excluding hydrogens is 348 g/mol. The normalized spacial score (nSPS) is 19.1. The van der Waals surface area contributed by atoms with Gasteiger partial charge >= 0.3 is 0 Å². The average molecular weight is 376 g/mol. The highest BCUT2D eigenvalue weighted by molar-refractivity contribution is 5.94. The third-order valence-electron chi connectivity index (χ3n) is 4.76. The van der Waals surface area contributed by atoms with Gasteiger partial charge in [0, 0.05) is 39.0 Å². The van der Waals surface area contributed by atoms with E-state index in [0.29, 0.717) is 44.1 Å². The molecule has 0 unspecified atom stereocenters. The summed E-state index contributed by atoms with van der Waals surface area (Å²) in [4.78, 5) is 17.3. The standard InChI is InChI=1S/C19H28N4O4/c1-11-10-15-17(13(3)26-11)22-23(8-9-25-5)18(15)19(24)20-7-6-16-12(2)27-14(4)21-16/h11,13H,6-10H2,1-5H3,(H,20,24)/t11-,13+/m0/s1. The summed E-state index contributed by atoms with van der Waals surface area (Å²) in [6.07, 6.45) is 1.23. The fraction of sp³-hybridized carbons (Fsp3) is 0.632. The summed E-state index contributed by atoms with van der Waals surface area (Å²) in [5, 5.41) is 7.64. The van der Waals surface area contributed by atoms with E-state index in [0.717, 1.165) is 22.7 Å². The molecule has 0 saturated carbocycles. The number of hydrogen-bond donors (Lipinski definition) is 1. The Morgan fingerprint density at radius 1 is 1.37 bits per heavy atom. The van der Waals surface area contributed by atoms with Gasteiger partial charge in [0.1, 0.15) is 11.5 Å². The van der Waals surface area contributed by atoms with Crippen molar-refractivity contribution in [3.05, 3.63) is 34.3 Å². The molecule has 1 aliphatic heterocycles. The van der Waals surface area contributed by atoms with Gasteiger partial charge in [-0.1, -0.05) is 0 Å². The smallest absolute Gasteiger partial charge is 0.269 e. The maximum absolute atomic E-state index is 13.0. The fourth-order valence-corrected chi connectivity index (χ4v) is 3.57. The van der Waals surface area contributed by atoms with E-state index in [1.807, 2.05) is 27.7 Å².